The lowest BCUT2D eigenvalue weighted by Gasteiger charge is -2.46. The molecule has 3 heterocycles. The molecule has 0 bridgehead atoms. The molecule has 3 aromatic rings. The lowest BCUT2D eigenvalue weighted by Crippen LogP contribution is -2.63. The van der Waals surface area contributed by atoms with E-state index in [-0.39, 0.29) is 66.4 Å². The Balaban J connectivity index is 1.23. The standard InChI is InChI=1S/C35H35N3O11/c1-20-27(17-36(3)16-25(40)13-14-26-15-28(41)29(19-47-26)48-18-22-7-5-4-6-8-22)32(37-31(20)30(21(2)39)33(37)42)35(44)49-34(43)23-9-11-24(12-10-23)38(45)46/h4-12,15,19-21,30-31,39H,13-14,16-18H2,1-3H3/t20-,21+,30+,31+/m0/s1. The number of ether oxygens (including phenoxy) is 2. The summed E-state index contributed by atoms with van der Waals surface area (Å²) < 4.78 is 16.2. The molecule has 0 unspecified atom stereocenters. The summed E-state index contributed by atoms with van der Waals surface area (Å²) in [7, 11) is 1.66. The number of carbonyl (C=O) groups excluding carboxylic acids is 4. The predicted octanol–water partition coefficient (Wildman–Crippen LogP) is 3.06. The number of hydrogen-bond donors (Lipinski definition) is 1. The number of aliphatic hydroxyl groups excluding tert-OH is 1. The Labute approximate surface area is 280 Å². The Morgan fingerprint density at radius 2 is 1.78 bits per heavy atom. The van der Waals surface area contributed by atoms with Gasteiger partial charge < -0.3 is 23.9 Å². The molecule has 5 rings (SSSR count). The number of fused-ring (bicyclic) bond motifs is 1. The van der Waals surface area contributed by atoms with E-state index in [4.69, 9.17) is 13.9 Å². The van der Waals surface area contributed by atoms with Crippen LogP contribution in [0.2, 0.25) is 0 Å². The second kappa shape index (κ2) is 14.7. The summed E-state index contributed by atoms with van der Waals surface area (Å²) in [6.07, 6.45) is 0.465. The molecule has 1 saturated heterocycles. The smallest absolute Gasteiger partial charge is 0.362 e. The average molecular weight is 674 g/mol. The molecule has 1 fully saturated rings. The van der Waals surface area contributed by atoms with Gasteiger partial charge in [-0.25, -0.2) is 9.59 Å². The van der Waals surface area contributed by atoms with Gasteiger partial charge in [-0.05, 0) is 37.2 Å². The first kappa shape index (κ1) is 34.9. The number of likely N-dealkylation sites (N-methyl/N-ethyl adjacent to an activating group) is 1. The minimum atomic E-state index is -1.09. The molecule has 0 aliphatic carbocycles. The number of β-lactam (4-membered cyclic amide) rings is 1. The fourth-order valence-electron chi connectivity index (χ4n) is 6.15. The molecule has 2 aliphatic rings. The zero-order valence-corrected chi connectivity index (χ0v) is 27.1. The Kier molecular flexibility index (Phi) is 10.5. The quantitative estimate of drug-likeness (QED) is 0.0868. The summed E-state index contributed by atoms with van der Waals surface area (Å²) in [5.41, 5.74) is 0.487. The summed E-state index contributed by atoms with van der Waals surface area (Å²) in [6, 6.07) is 14.6. The van der Waals surface area contributed by atoms with Crippen LogP contribution in [0.4, 0.5) is 5.69 Å². The van der Waals surface area contributed by atoms with Crippen molar-refractivity contribution in [1.29, 1.82) is 0 Å². The molecule has 1 amide bonds. The first-order valence-electron chi connectivity index (χ1n) is 15.6. The third-order valence-corrected chi connectivity index (χ3v) is 8.63. The Bertz CT molecular complexity index is 1850. The molecule has 2 aromatic carbocycles. The van der Waals surface area contributed by atoms with Crippen LogP contribution in [-0.4, -0.2) is 75.7 Å². The number of esters is 2. The van der Waals surface area contributed by atoms with E-state index in [2.05, 4.69) is 0 Å². The number of Topliss-reactive ketones (excluding diaryl/α,β-unsaturated/α-hetero) is 1. The SMILES string of the molecule is C[C@@H](O)[C@H]1C(=O)N2C(C(=O)OC(=O)c3ccc([N+](=O)[O-])cc3)=C(CN(C)CC(=O)CCc3cc(=O)c(OCc4ccccc4)co3)[C@H](C)[C@H]12. The number of benzene rings is 2. The van der Waals surface area contributed by atoms with Crippen LogP contribution in [-0.2, 0) is 32.1 Å². The number of rotatable bonds is 14. The Morgan fingerprint density at radius 3 is 2.41 bits per heavy atom. The summed E-state index contributed by atoms with van der Waals surface area (Å²) >= 11 is 0. The van der Waals surface area contributed by atoms with Crippen molar-refractivity contribution in [3.05, 3.63) is 115 Å². The van der Waals surface area contributed by atoms with E-state index >= 15 is 0 Å². The molecule has 2 aliphatic heterocycles. The van der Waals surface area contributed by atoms with E-state index in [0.29, 0.717) is 11.3 Å². The van der Waals surface area contributed by atoms with Crippen LogP contribution in [0, 0.1) is 22.0 Å². The lowest BCUT2D eigenvalue weighted by atomic mass is 9.77. The third kappa shape index (κ3) is 7.66. The topological polar surface area (TPSA) is 187 Å². The number of aryl methyl sites for hydroxylation is 1. The summed E-state index contributed by atoms with van der Waals surface area (Å²) in [4.78, 5) is 77.9. The van der Waals surface area contributed by atoms with E-state index in [1.807, 2.05) is 30.3 Å². The zero-order chi connectivity index (χ0) is 35.4. The van der Waals surface area contributed by atoms with E-state index in [9.17, 15) is 39.2 Å². The van der Waals surface area contributed by atoms with Gasteiger partial charge in [-0.3, -0.25) is 29.4 Å². The number of carbonyl (C=O) groups is 4. The van der Waals surface area contributed by atoms with Crippen LogP contribution in [0.5, 0.6) is 5.75 Å². The molecule has 0 saturated carbocycles. The van der Waals surface area contributed by atoms with Crippen LogP contribution in [0.3, 0.4) is 0 Å². The van der Waals surface area contributed by atoms with Crippen molar-refractivity contribution in [1.82, 2.24) is 9.80 Å². The van der Waals surface area contributed by atoms with Gasteiger partial charge in [-0.2, -0.15) is 0 Å². The van der Waals surface area contributed by atoms with Crippen LogP contribution >= 0.6 is 0 Å². The highest BCUT2D eigenvalue weighted by Crippen LogP contribution is 2.47. The Morgan fingerprint density at radius 1 is 1.08 bits per heavy atom. The number of hydrogen-bond acceptors (Lipinski definition) is 12. The van der Waals surface area contributed by atoms with Crippen LogP contribution in [0.15, 0.2) is 87.4 Å². The maximum Gasteiger partial charge on any atom is 0.362 e. The van der Waals surface area contributed by atoms with Crippen molar-refractivity contribution in [2.45, 2.75) is 45.4 Å². The van der Waals surface area contributed by atoms with Gasteiger partial charge in [0.1, 0.15) is 30.1 Å². The first-order chi connectivity index (χ1) is 23.3. The third-order valence-electron chi connectivity index (χ3n) is 8.63. The van der Waals surface area contributed by atoms with Crippen molar-refractivity contribution in [3.8, 4) is 5.75 Å². The largest absolute Gasteiger partial charge is 0.482 e. The van der Waals surface area contributed by atoms with Crippen molar-refractivity contribution < 1.29 is 43.1 Å². The second-order valence-electron chi connectivity index (χ2n) is 12.2. The molecule has 4 atom stereocenters. The molecule has 1 aromatic heterocycles. The minimum Gasteiger partial charge on any atom is -0.482 e. The molecule has 0 spiro atoms. The molecular weight excluding hydrogens is 638 g/mol. The van der Waals surface area contributed by atoms with E-state index in [1.54, 1.807) is 18.9 Å². The number of nitro benzene ring substituents is 1. The highest BCUT2D eigenvalue weighted by atomic mass is 16.6. The van der Waals surface area contributed by atoms with Gasteiger partial charge in [0.05, 0.1) is 35.1 Å². The average Bonchev–Trinajstić information content (AvgIpc) is 3.30. The Hall–Kier alpha value is -5.47. The van der Waals surface area contributed by atoms with E-state index < -0.39 is 46.8 Å². The number of non-ortho nitro benzene ring substituents is 1. The number of amides is 1. The van der Waals surface area contributed by atoms with Gasteiger partial charge in [0.2, 0.25) is 17.1 Å². The van der Waals surface area contributed by atoms with Crippen molar-refractivity contribution >= 4 is 29.3 Å². The fourth-order valence-corrected chi connectivity index (χ4v) is 6.15. The van der Waals surface area contributed by atoms with Gasteiger partial charge in [-0.1, -0.05) is 37.3 Å². The van der Waals surface area contributed by atoms with Gasteiger partial charge >= 0.3 is 11.9 Å². The zero-order valence-electron chi connectivity index (χ0n) is 27.1. The molecular formula is C35H35N3O11. The fraction of sp³-hybridized carbons (Fsp3) is 0.343. The summed E-state index contributed by atoms with van der Waals surface area (Å²) in [5.74, 6) is -3.63. The molecule has 14 heteroatoms. The van der Waals surface area contributed by atoms with E-state index in [1.165, 1.54) is 24.2 Å². The molecule has 0 radical (unpaired) electrons. The van der Waals surface area contributed by atoms with Gasteiger partial charge in [0.25, 0.3) is 5.69 Å². The van der Waals surface area contributed by atoms with Crippen LogP contribution < -0.4 is 10.2 Å². The monoisotopic (exact) mass is 673 g/mol. The van der Waals surface area contributed by atoms with Crippen LogP contribution in [0.1, 0.15) is 41.9 Å². The highest BCUT2D eigenvalue weighted by molar-refractivity contribution is 6.06. The second-order valence-corrected chi connectivity index (χ2v) is 12.2. The van der Waals surface area contributed by atoms with Gasteiger partial charge in [-0.15, -0.1) is 0 Å². The molecule has 1 N–H and O–H groups in total. The molecule has 14 nitrogen and oxygen atoms in total. The maximum atomic E-state index is 13.4. The lowest BCUT2D eigenvalue weighted by molar-refractivity contribution is -0.384. The maximum absolute atomic E-state index is 13.4. The van der Waals surface area contributed by atoms with Crippen molar-refractivity contribution in [3.63, 3.8) is 0 Å². The summed E-state index contributed by atoms with van der Waals surface area (Å²) in [5, 5.41) is 21.2. The molecule has 49 heavy (non-hydrogen) atoms. The number of nitrogens with zero attached hydrogens (tertiary/aromatic N) is 3. The summed E-state index contributed by atoms with van der Waals surface area (Å²) in [6.45, 7) is 3.50. The first-order valence-corrected chi connectivity index (χ1v) is 15.6. The van der Waals surface area contributed by atoms with Crippen molar-refractivity contribution in [2.75, 3.05) is 20.1 Å². The number of nitro groups is 1. The normalized spacial score (nSPS) is 18.9. The van der Waals surface area contributed by atoms with E-state index in [0.717, 1.165) is 29.8 Å². The molecule has 256 valence electrons. The van der Waals surface area contributed by atoms with Crippen LogP contribution in [0.25, 0.3) is 0 Å². The van der Waals surface area contributed by atoms with Gasteiger partial charge in [0.15, 0.2) is 0 Å². The predicted molar refractivity (Wildman–Crippen MR) is 172 cm³/mol. The highest BCUT2D eigenvalue weighted by Gasteiger charge is 2.60. The minimum absolute atomic E-state index is 0.0405. The number of aliphatic hydroxyl groups is 1. The van der Waals surface area contributed by atoms with Crippen molar-refractivity contribution in [2.24, 2.45) is 11.8 Å². The number of ketones is 1. The van der Waals surface area contributed by atoms with Gasteiger partial charge in [0, 0.05) is 43.5 Å².